The maximum absolute atomic E-state index is 12.9. The average Bonchev–Trinajstić information content (AvgIpc) is 3.12. The van der Waals surface area contributed by atoms with Crippen molar-refractivity contribution in [3.8, 4) is 5.69 Å². The van der Waals surface area contributed by atoms with E-state index in [1.807, 2.05) is 0 Å². The SMILES string of the molecule is CCOC(=O)c1c(=O)c2ccc(Cl)nc2n2c1[nH]c(=O)c1ccccc12.CCOC(=O)c1c2n(c3nc(Cl)ccc3c1=O)-c1ccccc1C(O)N2. The van der Waals surface area contributed by atoms with Crippen LogP contribution in [-0.2, 0) is 9.47 Å². The standard InChI is InChI=1S/C18H14ClN3O4.C18H12ClN3O4/c2*1-2-26-18(25)13-14(23)10-7-8-12(19)20-15(10)22-11-6-4-3-5-9(11)17(24)21-16(13)22/h3-8,17,21,24H,2H2,1H3;3-8H,2H2,1H3,(H,21,24). The highest BCUT2D eigenvalue weighted by molar-refractivity contribution is 6.30. The molecule has 0 spiro atoms. The molecule has 1 aliphatic heterocycles. The zero-order chi connectivity index (χ0) is 36.8. The number of para-hydroxylation sites is 2. The molecule has 14 nitrogen and oxygen atoms in total. The Labute approximate surface area is 301 Å². The lowest BCUT2D eigenvalue weighted by molar-refractivity contribution is 0.0516. The van der Waals surface area contributed by atoms with E-state index in [0.29, 0.717) is 22.2 Å². The summed E-state index contributed by atoms with van der Waals surface area (Å²) >= 11 is 12.0. The molecule has 1 atom stereocenters. The quantitative estimate of drug-likeness (QED) is 0.123. The minimum absolute atomic E-state index is 0.0272. The second-order valence-corrected chi connectivity index (χ2v) is 12.1. The van der Waals surface area contributed by atoms with Crippen LogP contribution in [0, 0.1) is 0 Å². The van der Waals surface area contributed by atoms with Gasteiger partial charge in [0.05, 0.1) is 40.6 Å². The van der Waals surface area contributed by atoms with Crippen LogP contribution in [0.5, 0.6) is 0 Å². The summed E-state index contributed by atoms with van der Waals surface area (Å²) < 4.78 is 13.2. The Balaban J connectivity index is 0.000000162. The van der Waals surface area contributed by atoms with E-state index in [0.717, 1.165) is 0 Å². The molecule has 7 aromatic rings. The Kier molecular flexibility index (Phi) is 8.96. The highest BCUT2D eigenvalue weighted by atomic mass is 35.5. The summed E-state index contributed by atoms with van der Waals surface area (Å²) in [7, 11) is 0. The van der Waals surface area contributed by atoms with Gasteiger partial charge in [0.15, 0.2) is 17.5 Å². The molecule has 3 N–H and O–H groups in total. The fourth-order valence-corrected chi connectivity index (χ4v) is 6.43. The van der Waals surface area contributed by atoms with Crippen LogP contribution in [0.1, 0.15) is 46.4 Å². The van der Waals surface area contributed by atoms with Gasteiger partial charge in [-0.2, -0.15) is 0 Å². The summed E-state index contributed by atoms with van der Waals surface area (Å²) in [5.74, 6) is -1.45. The number of carbonyl (C=O) groups is 2. The van der Waals surface area contributed by atoms with Gasteiger partial charge in [0.1, 0.15) is 32.9 Å². The van der Waals surface area contributed by atoms with Crippen molar-refractivity contribution < 1.29 is 24.2 Å². The van der Waals surface area contributed by atoms with Gasteiger partial charge < -0.3 is 24.9 Å². The summed E-state index contributed by atoms with van der Waals surface area (Å²) in [5, 5.41) is 14.5. The van der Waals surface area contributed by atoms with E-state index in [2.05, 4.69) is 20.3 Å². The Hall–Kier alpha value is -6.09. The van der Waals surface area contributed by atoms with E-state index in [4.69, 9.17) is 32.7 Å². The van der Waals surface area contributed by atoms with Gasteiger partial charge in [-0.15, -0.1) is 0 Å². The maximum atomic E-state index is 12.9. The van der Waals surface area contributed by atoms with Gasteiger partial charge in [-0.25, -0.2) is 19.6 Å². The first kappa shape index (κ1) is 34.4. The van der Waals surface area contributed by atoms with E-state index in [1.54, 1.807) is 71.3 Å². The van der Waals surface area contributed by atoms with Gasteiger partial charge >= 0.3 is 11.9 Å². The number of carbonyl (C=O) groups excluding carboxylic acids is 2. The van der Waals surface area contributed by atoms with Crippen molar-refractivity contribution in [2.75, 3.05) is 18.5 Å². The van der Waals surface area contributed by atoms with Crippen molar-refractivity contribution in [1.29, 1.82) is 0 Å². The molecule has 1 aliphatic rings. The van der Waals surface area contributed by atoms with Crippen LogP contribution in [0.3, 0.4) is 0 Å². The highest BCUT2D eigenvalue weighted by Crippen LogP contribution is 2.35. The van der Waals surface area contributed by atoms with Crippen LogP contribution < -0.4 is 21.7 Å². The number of ether oxygens (including phenoxy) is 2. The fraction of sp³-hybridized carbons (Fsp3) is 0.139. The van der Waals surface area contributed by atoms with E-state index >= 15 is 0 Å². The molecule has 0 bridgehead atoms. The van der Waals surface area contributed by atoms with Gasteiger partial charge in [-0.3, -0.25) is 23.4 Å². The number of anilines is 1. The van der Waals surface area contributed by atoms with Crippen molar-refractivity contribution in [2.24, 2.45) is 0 Å². The highest BCUT2D eigenvalue weighted by Gasteiger charge is 2.31. The number of esters is 2. The third-order valence-corrected chi connectivity index (χ3v) is 8.72. The first-order chi connectivity index (χ1) is 25.0. The second kappa shape index (κ2) is 13.6. The molecule has 0 fully saturated rings. The first-order valence-corrected chi connectivity index (χ1v) is 16.6. The average molecular weight is 742 g/mol. The van der Waals surface area contributed by atoms with Gasteiger partial charge in [0.2, 0.25) is 10.9 Å². The summed E-state index contributed by atoms with van der Waals surface area (Å²) in [5.41, 5.74) is 0.281. The number of H-pyrrole nitrogens is 1. The van der Waals surface area contributed by atoms with Crippen LogP contribution in [-0.4, -0.2) is 54.2 Å². The lowest BCUT2D eigenvalue weighted by Crippen LogP contribution is -2.30. The zero-order valence-electron chi connectivity index (χ0n) is 27.3. The van der Waals surface area contributed by atoms with E-state index < -0.39 is 34.6 Å². The van der Waals surface area contributed by atoms with E-state index in [9.17, 15) is 29.1 Å². The Bertz CT molecular complexity index is 2810. The minimum atomic E-state index is -1.09. The smallest absolute Gasteiger partial charge is 0.345 e. The molecule has 6 heterocycles. The molecule has 52 heavy (non-hydrogen) atoms. The van der Waals surface area contributed by atoms with Gasteiger partial charge in [-0.05, 0) is 56.3 Å². The Morgan fingerprint density at radius 1 is 0.769 bits per heavy atom. The van der Waals surface area contributed by atoms with Crippen molar-refractivity contribution in [1.82, 2.24) is 23.9 Å². The number of hydrogen-bond acceptors (Lipinski definition) is 11. The lowest BCUT2D eigenvalue weighted by atomic mass is 10.1. The summed E-state index contributed by atoms with van der Waals surface area (Å²) in [4.78, 5) is 74.3. The number of hydrogen-bond donors (Lipinski definition) is 3. The molecule has 16 heteroatoms. The molecule has 1 unspecified atom stereocenters. The second-order valence-electron chi connectivity index (χ2n) is 11.3. The predicted octanol–water partition coefficient (Wildman–Crippen LogP) is 5.15. The van der Waals surface area contributed by atoms with Crippen molar-refractivity contribution in [3.63, 3.8) is 0 Å². The van der Waals surface area contributed by atoms with Crippen LogP contribution in [0.2, 0.25) is 10.3 Å². The normalized spacial score (nSPS) is 13.2. The molecule has 0 amide bonds. The fourth-order valence-electron chi connectivity index (χ4n) is 6.14. The van der Waals surface area contributed by atoms with Crippen molar-refractivity contribution in [3.05, 3.63) is 131 Å². The van der Waals surface area contributed by atoms with E-state index in [-0.39, 0.29) is 68.2 Å². The Morgan fingerprint density at radius 3 is 2.04 bits per heavy atom. The predicted molar refractivity (Wildman–Crippen MR) is 195 cm³/mol. The molecule has 0 saturated heterocycles. The number of nitrogens with zero attached hydrogens (tertiary/aromatic N) is 4. The number of aliphatic hydroxyl groups excluding tert-OH is 1. The van der Waals surface area contributed by atoms with Crippen molar-refractivity contribution in [2.45, 2.75) is 20.1 Å². The molecule has 5 aromatic heterocycles. The monoisotopic (exact) mass is 740 g/mol. The molecule has 262 valence electrons. The van der Waals surface area contributed by atoms with E-state index in [1.165, 1.54) is 24.3 Å². The number of pyridine rings is 4. The third kappa shape index (κ3) is 5.62. The number of aromatic amines is 1. The topological polar surface area (TPSA) is 187 Å². The first-order valence-electron chi connectivity index (χ1n) is 15.8. The van der Waals surface area contributed by atoms with Gasteiger partial charge in [-0.1, -0.05) is 53.5 Å². The third-order valence-electron chi connectivity index (χ3n) is 8.30. The molecule has 0 saturated carbocycles. The van der Waals surface area contributed by atoms with Gasteiger partial charge in [0, 0.05) is 5.56 Å². The number of aliphatic hydroxyl groups is 1. The van der Waals surface area contributed by atoms with Crippen molar-refractivity contribution >= 4 is 79.6 Å². The number of nitrogens with one attached hydrogen (secondary N) is 2. The van der Waals surface area contributed by atoms with Crippen LogP contribution in [0.25, 0.3) is 44.3 Å². The van der Waals surface area contributed by atoms with Crippen LogP contribution in [0.15, 0.2) is 87.2 Å². The molecule has 8 rings (SSSR count). The zero-order valence-corrected chi connectivity index (χ0v) is 28.8. The molecule has 0 radical (unpaired) electrons. The van der Waals surface area contributed by atoms with Crippen LogP contribution in [0.4, 0.5) is 5.82 Å². The molecule has 2 aromatic carbocycles. The number of halogens is 2. The minimum Gasteiger partial charge on any atom is -0.462 e. The number of aromatic nitrogens is 5. The summed E-state index contributed by atoms with van der Waals surface area (Å²) in [6.45, 7) is 3.51. The van der Waals surface area contributed by atoms with Crippen LogP contribution >= 0.6 is 23.2 Å². The summed E-state index contributed by atoms with van der Waals surface area (Å²) in [6.07, 6.45) is -1.09. The number of fused-ring (bicyclic) bond motifs is 10. The molecule has 0 aliphatic carbocycles. The molecular formula is C36H26Cl2N6O8. The Morgan fingerprint density at radius 2 is 1.35 bits per heavy atom. The molecular weight excluding hydrogens is 715 g/mol. The lowest BCUT2D eigenvalue weighted by Gasteiger charge is -2.30. The summed E-state index contributed by atoms with van der Waals surface area (Å²) in [6, 6.07) is 19.9. The van der Waals surface area contributed by atoms with Gasteiger partial charge in [0.25, 0.3) is 5.56 Å². The largest absolute Gasteiger partial charge is 0.462 e. The number of benzene rings is 2. The maximum Gasteiger partial charge on any atom is 0.345 e. The number of rotatable bonds is 4.